The number of amides is 1. The number of hydrogen-bond acceptors (Lipinski definition) is 3. The summed E-state index contributed by atoms with van der Waals surface area (Å²) in [4.78, 5) is 17.0. The summed E-state index contributed by atoms with van der Waals surface area (Å²) in [5.74, 6) is -0.555. The number of primary amides is 1. The third kappa shape index (κ3) is 1.98. The summed E-state index contributed by atoms with van der Waals surface area (Å²) in [6.07, 6.45) is 1.56. The van der Waals surface area contributed by atoms with Gasteiger partial charge in [0.15, 0.2) is 5.69 Å². The number of nitrogens with two attached hydrogens (primary N) is 1. The molecule has 0 atom stereocenters. The SMILES string of the molecule is CC(C)On1ccc(C(N)=O)n1. The third-order valence-corrected chi connectivity index (χ3v) is 1.14. The Balaban J connectivity index is 2.71. The van der Waals surface area contributed by atoms with E-state index in [1.807, 2.05) is 13.8 Å². The van der Waals surface area contributed by atoms with Gasteiger partial charge in [0.1, 0.15) is 6.10 Å². The van der Waals surface area contributed by atoms with Crippen LogP contribution in [0.25, 0.3) is 0 Å². The van der Waals surface area contributed by atoms with E-state index in [0.717, 1.165) is 0 Å². The van der Waals surface area contributed by atoms with Gasteiger partial charge >= 0.3 is 0 Å². The normalized spacial score (nSPS) is 10.2. The standard InChI is InChI=1S/C7H11N3O2/c1-5(2)12-10-4-3-6(9-10)7(8)11/h3-5H,1-2H3,(H2,8,11). The van der Waals surface area contributed by atoms with Crippen molar-refractivity contribution in [2.45, 2.75) is 20.0 Å². The number of aromatic nitrogens is 2. The lowest BCUT2D eigenvalue weighted by Gasteiger charge is -2.06. The van der Waals surface area contributed by atoms with Crippen LogP contribution in [-0.2, 0) is 0 Å². The van der Waals surface area contributed by atoms with Crippen molar-refractivity contribution in [1.82, 2.24) is 9.94 Å². The molecule has 1 heterocycles. The lowest BCUT2D eigenvalue weighted by Crippen LogP contribution is -2.20. The van der Waals surface area contributed by atoms with Crippen LogP contribution in [0.1, 0.15) is 24.3 Å². The van der Waals surface area contributed by atoms with Crippen molar-refractivity contribution in [2.75, 3.05) is 0 Å². The molecule has 1 amide bonds. The first-order chi connectivity index (χ1) is 5.59. The van der Waals surface area contributed by atoms with Gasteiger partial charge in [-0.1, -0.05) is 0 Å². The number of hydrogen-bond donors (Lipinski definition) is 1. The molecule has 0 aromatic carbocycles. The van der Waals surface area contributed by atoms with E-state index < -0.39 is 5.91 Å². The first kappa shape index (κ1) is 8.58. The summed E-state index contributed by atoms with van der Waals surface area (Å²) in [7, 11) is 0. The van der Waals surface area contributed by atoms with E-state index in [0.29, 0.717) is 0 Å². The molecule has 1 aromatic heterocycles. The molecule has 1 rings (SSSR count). The molecule has 5 heteroatoms. The van der Waals surface area contributed by atoms with Gasteiger partial charge in [-0.2, -0.15) is 0 Å². The summed E-state index contributed by atoms with van der Waals surface area (Å²) in [6, 6.07) is 1.50. The fourth-order valence-electron chi connectivity index (χ4n) is 0.713. The van der Waals surface area contributed by atoms with Gasteiger partial charge in [-0.25, -0.2) is 0 Å². The lowest BCUT2D eigenvalue weighted by molar-refractivity contribution is 0.0352. The molecule has 5 nitrogen and oxygen atoms in total. The van der Waals surface area contributed by atoms with E-state index in [2.05, 4.69) is 5.10 Å². The molecule has 1 aromatic rings. The maximum Gasteiger partial charge on any atom is 0.269 e. The van der Waals surface area contributed by atoms with Crippen LogP contribution in [0.5, 0.6) is 0 Å². The topological polar surface area (TPSA) is 70.1 Å². The zero-order valence-electron chi connectivity index (χ0n) is 7.02. The molecular weight excluding hydrogens is 158 g/mol. The van der Waals surface area contributed by atoms with E-state index >= 15 is 0 Å². The largest absolute Gasteiger partial charge is 0.394 e. The highest BCUT2D eigenvalue weighted by molar-refractivity contribution is 5.90. The molecule has 0 saturated heterocycles. The van der Waals surface area contributed by atoms with Crippen LogP contribution in [0.2, 0.25) is 0 Å². The number of rotatable bonds is 3. The molecule has 0 aliphatic heterocycles. The molecule has 0 spiro atoms. The molecule has 12 heavy (non-hydrogen) atoms. The van der Waals surface area contributed by atoms with Gasteiger partial charge < -0.3 is 10.6 Å². The summed E-state index contributed by atoms with van der Waals surface area (Å²) >= 11 is 0. The highest BCUT2D eigenvalue weighted by atomic mass is 16.7. The number of carbonyl (C=O) groups excluding carboxylic acids is 1. The molecule has 0 aliphatic rings. The van der Waals surface area contributed by atoms with Gasteiger partial charge in [0.05, 0.1) is 6.20 Å². The molecular formula is C7H11N3O2. The first-order valence-corrected chi connectivity index (χ1v) is 3.62. The summed E-state index contributed by atoms with van der Waals surface area (Å²) in [6.45, 7) is 3.73. The molecule has 0 bridgehead atoms. The predicted octanol–water partition coefficient (Wildman–Crippen LogP) is -0.181. The van der Waals surface area contributed by atoms with Crippen LogP contribution >= 0.6 is 0 Å². The van der Waals surface area contributed by atoms with E-state index in [1.165, 1.54) is 10.9 Å². The maximum atomic E-state index is 10.6. The van der Waals surface area contributed by atoms with Crippen molar-refractivity contribution in [3.63, 3.8) is 0 Å². The Labute approximate surface area is 70.1 Å². The van der Waals surface area contributed by atoms with E-state index in [9.17, 15) is 4.79 Å². The summed E-state index contributed by atoms with van der Waals surface area (Å²) < 4.78 is 0. The van der Waals surface area contributed by atoms with Gasteiger partial charge in [0.2, 0.25) is 0 Å². The zero-order valence-corrected chi connectivity index (χ0v) is 7.02. The average molecular weight is 169 g/mol. The number of nitrogens with zero attached hydrogens (tertiary/aromatic N) is 2. The predicted molar refractivity (Wildman–Crippen MR) is 42.5 cm³/mol. The number of carbonyl (C=O) groups is 1. The second-order valence-electron chi connectivity index (χ2n) is 2.62. The summed E-state index contributed by atoms with van der Waals surface area (Å²) in [5, 5.41) is 3.77. The Kier molecular flexibility index (Phi) is 2.32. The molecule has 0 saturated carbocycles. The monoisotopic (exact) mass is 169 g/mol. The van der Waals surface area contributed by atoms with E-state index in [-0.39, 0.29) is 11.8 Å². The zero-order chi connectivity index (χ0) is 9.14. The second kappa shape index (κ2) is 3.25. The Morgan fingerprint density at radius 1 is 1.75 bits per heavy atom. The molecule has 0 radical (unpaired) electrons. The smallest absolute Gasteiger partial charge is 0.269 e. The molecule has 0 aliphatic carbocycles. The minimum Gasteiger partial charge on any atom is -0.394 e. The van der Waals surface area contributed by atoms with Crippen molar-refractivity contribution >= 4 is 5.91 Å². The lowest BCUT2D eigenvalue weighted by atomic mass is 10.4. The van der Waals surface area contributed by atoms with Crippen molar-refractivity contribution in [3.05, 3.63) is 18.0 Å². The van der Waals surface area contributed by atoms with Crippen LogP contribution in [0.15, 0.2) is 12.3 Å². The highest BCUT2D eigenvalue weighted by Gasteiger charge is 2.05. The molecule has 2 N–H and O–H groups in total. The first-order valence-electron chi connectivity index (χ1n) is 3.62. The van der Waals surface area contributed by atoms with E-state index in [4.69, 9.17) is 10.6 Å². The van der Waals surface area contributed by atoms with Gasteiger partial charge in [0, 0.05) is 0 Å². The van der Waals surface area contributed by atoms with Crippen LogP contribution in [0.3, 0.4) is 0 Å². The minimum atomic E-state index is -0.555. The van der Waals surface area contributed by atoms with E-state index in [1.54, 1.807) is 6.20 Å². The van der Waals surface area contributed by atoms with Gasteiger partial charge in [0.25, 0.3) is 5.91 Å². The van der Waals surface area contributed by atoms with Crippen molar-refractivity contribution < 1.29 is 9.63 Å². The maximum absolute atomic E-state index is 10.6. The van der Waals surface area contributed by atoms with Crippen LogP contribution in [0, 0.1) is 0 Å². The third-order valence-electron chi connectivity index (χ3n) is 1.14. The molecule has 66 valence electrons. The van der Waals surface area contributed by atoms with Gasteiger partial charge in [-0.05, 0) is 19.9 Å². The fraction of sp³-hybridized carbons (Fsp3) is 0.429. The fourth-order valence-corrected chi connectivity index (χ4v) is 0.713. The summed E-state index contributed by atoms with van der Waals surface area (Å²) in [5.41, 5.74) is 5.19. The van der Waals surface area contributed by atoms with Crippen molar-refractivity contribution in [1.29, 1.82) is 0 Å². The average Bonchev–Trinajstić information content (AvgIpc) is 2.34. The van der Waals surface area contributed by atoms with Crippen LogP contribution < -0.4 is 10.6 Å². The molecule has 0 fully saturated rings. The Bertz CT molecular complexity index is 280. The van der Waals surface area contributed by atoms with Crippen molar-refractivity contribution in [3.8, 4) is 0 Å². The minimum absolute atomic E-state index is 0.0191. The second-order valence-corrected chi connectivity index (χ2v) is 2.62. The molecule has 0 unspecified atom stereocenters. The van der Waals surface area contributed by atoms with Crippen LogP contribution in [0.4, 0.5) is 0 Å². The van der Waals surface area contributed by atoms with Crippen molar-refractivity contribution in [2.24, 2.45) is 5.73 Å². The van der Waals surface area contributed by atoms with Gasteiger partial charge in [-0.15, -0.1) is 9.94 Å². The van der Waals surface area contributed by atoms with Crippen LogP contribution in [-0.4, -0.2) is 22.0 Å². The Hall–Kier alpha value is -1.52. The Morgan fingerprint density at radius 2 is 2.42 bits per heavy atom. The Morgan fingerprint density at radius 3 is 2.83 bits per heavy atom. The van der Waals surface area contributed by atoms with Gasteiger partial charge in [-0.3, -0.25) is 4.79 Å². The quantitative estimate of drug-likeness (QED) is 0.682. The highest BCUT2D eigenvalue weighted by Crippen LogP contribution is 1.93.